The van der Waals surface area contributed by atoms with Crippen LogP contribution in [-0.2, 0) is 4.74 Å². The number of carbonyl (C=O) groups excluding carboxylic acids is 2. The first kappa shape index (κ1) is 19.2. The van der Waals surface area contributed by atoms with Gasteiger partial charge >= 0.3 is 6.09 Å². The highest BCUT2D eigenvalue weighted by Crippen LogP contribution is 2.11. The lowest BCUT2D eigenvalue weighted by Crippen LogP contribution is -2.51. The van der Waals surface area contributed by atoms with Gasteiger partial charge in [-0.15, -0.1) is 0 Å². The highest BCUT2D eigenvalue weighted by molar-refractivity contribution is 5.94. The summed E-state index contributed by atoms with van der Waals surface area (Å²) in [6, 6.07) is 5.92. The molecule has 138 valence electrons. The maximum Gasteiger partial charge on any atom is 0.410 e. The molecule has 2 rings (SSSR count). The summed E-state index contributed by atoms with van der Waals surface area (Å²) in [5, 5.41) is 2.73. The number of hydrogen-bond acceptors (Lipinski definition) is 4. The molecule has 0 spiro atoms. The first-order valence-electron chi connectivity index (χ1n) is 8.49. The van der Waals surface area contributed by atoms with Gasteiger partial charge in [0.15, 0.2) is 0 Å². The van der Waals surface area contributed by atoms with Crippen LogP contribution < -0.4 is 5.32 Å². The molecule has 1 aliphatic heterocycles. The Morgan fingerprint density at radius 2 is 1.80 bits per heavy atom. The van der Waals surface area contributed by atoms with Gasteiger partial charge in [0, 0.05) is 39.3 Å². The molecule has 1 saturated heterocycles. The summed E-state index contributed by atoms with van der Waals surface area (Å²) in [5.41, 5.74) is -0.442. The Hall–Kier alpha value is -2.15. The quantitative estimate of drug-likeness (QED) is 0.902. The molecule has 0 aromatic heterocycles. The predicted octanol–water partition coefficient (Wildman–Crippen LogP) is 2.11. The smallest absolute Gasteiger partial charge is 0.410 e. The molecule has 0 aliphatic carbocycles. The van der Waals surface area contributed by atoms with Gasteiger partial charge in [0.05, 0.1) is 5.56 Å². The molecule has 1 aromatic carbocycles. The SMILES string of the molecule is CC(C)(C)OC(=O)N1CCN(CCNC(=O)c2ccccc2F)CC1. The molecule has 1 heterocycles. The van der Waals surface area contributed by atoms with Crippen LogP contribution in [0.5, 0.6) is 0 Å². The Balaban J connectivity index is 1.70. The number of amides is 2. The number of ether oxygens (including phenoxy) is 1. The second-order valence-electron chi connectivity index (χ2n) is 7.04. The van der Waals surface area contributed by atoms with E-state index in [-0.39, 0.29) is 11.7 Å². The molecule has 7 heteroatoms. The van der Waals surface area contributed by atoms with Gasteiger partial charge in [-0.2, -0.15) is 0 Å². The minimum absolute atomic E-state index is 0.0530. The summed E-state index contributed by atoms with van der Waals surface area (Å²) in [7, 11) is 0. The van der Waals surface area contributed by atoms with E-state index in [1.165, 1.54) is 12.1 Å². The Kier molecular flexibility index (Phi) is 6.36. The summed E-state index contributed by atoms with van der Waals surface area (Å²) in [4.78, 5) is 27.8. The van der Waals surface area contributed by atoms with Crippen LogP contribution in [0, 0.1) is 5.82 Å². The lowest BCUT2D eigenvalue weighted by Gasteiger charge is -2.35. The number of nitrogens with one attached hydrogen (secondary N) is 1. The Morgan fingerprint density at radius 3 is 2.40 bits per heavy atom. The minimum Gasteiger partial charge on any atom is -0.444 e. The van der Waals surface area contributed by atoms with Crippen molar-refractivity contribution >= 4 is 12.0 Å². The summed E-state index contributed by atoms with van der Waals surface area (Å²) in [6.07, 6.45) is -0.292. The van der Waals surface area contributed by atoms with Crippen LogP contribution in [0.25, 0.3) is 0 Å². The Morgan fingerprint density at radius 1 is 1.16 bits per heavy atom. The van der Waals surface area contributed by atoms with Gasteiger partial charge in [-0.25, -0.2) is 9.18 Å². The molecule has 1 aliphatic rings. The van der Waals surface area contributed by atoms with E-state index >= 15 is 0 Å². The zero-order valence-corrected chi connectivity index (χ0v) is 15.0. The van der Waals surface area contributed by atoms with E-state index in [2.05, 4.69) is 10.2 Å². The number of rotatable bonds is 4. The summed E-state index contributed by atoms with van der Waals surface area (Å²) in [5.74, 6) is -0.934. The first-order chi connectivity index (χ1) is 11.8. The molecule has 1 aromatic rings. The Labute approximate surface area is 147 Å². The van der Waals surface area contributed by atoms with E-state index in [9.17, 15) is 14.0 Å². The molecule has 0 saturated carbocycles. The van der Waals surface area contributed by atoms with Crippen LogP contribution >= 0.6 is 0 Å². The molecule has 0 bridgehead atoms. The number of piperazine rings is 1. The van der Waals surface area contributed by atoms with E-state index in [1.807, 2.05) is 20.8 Å². The summed E-state index contributed by atoms with van der Waals surface area (Å²) >= 11 is 0. The van der Waals surface area contributed by atoms with Crippen molar-refractivity contribution in [2.75, 3.05) is 39.3 Å². The molecule has 1 fully saturated rings. The lowest BCUT2D eigenvalue weighted by molar-refractivity contribution is 0.0147. The normalized spacial score (nSPS) is 15.8. The third-order valence-electron chi connectivity index (χ3n) is 3.86. The molecule has 0 atom stereocenters. The fraction of sp³-hybridized carbons (Fsp3) is 0.556. The van der Waals surface area contributed by atoms with Crippen molar-refractivity contribution < 1.29 is 18.7 Å². The average Bonchev–Trinajstić information content (AvgIpc) is 2.54. The Bertz CT molecular complexity index is 608. The van der Waals surface area contributed by atoms with Gasteiger partial charge < -0.3 is 15.0 Å². The summed E-state index contributed by atoms with van der Waals surface area (Å²) in [6.45, 7) is 9.25. The molecule has 0 unspecified atom stereocenters. The zero-order valence-electron chi connectivity index (χ0n) is 15.0. The van der Waals surface area contributed by atoms with E-state index < -0.39 is 17.3 Å². The maximum atomic E-state index is 13.5. The predicted molar refractivity (Wildman–Crippen MR) is 93.0 cm³/mol. The average molecular weight is 351 g/mol. The van der Waals surface area contributed by atoms with Crippen LogP contribution in [-0.4, -0.2) is 66.7 Å². The van der Waals surface area contributed by atoms with Gasteiger partial charge in [0.25, 0.3) is 5.91 Å². The van der Waals surface area contributed by atoms with Crippen LogP contribution in [0.1, 0.15) is 31.1 Å². The highest BCUT2D eigenvalue weighted by Gasteiger charge is 2.25. The van der Waals surface area contributed by atoms with Crippen LogP contribution in [0.15, 0.2) is 24.3 Å². The zero-order chi connectivity index (χ0) is 18.4. The van der Waals surface area contributed by atoms with E-state index in [1.54, 1.807) is 17.0 Å². The van der Waals surface area contributed by atoms with Crippen LogP contribution in [0.4, 0.5) is 9.18 Å². The monoisotopic (exact) mass is 351 g/mol. The van der Waals surface area contributed by atoms with Crippen molar-refractivity contribution in [2.45, 2.75) is 26.4 Å². The molecular formula is C18H26FN3O3. The minimum atomic E-state index is -0.522. The van der Waals surface area contributed by atoms with Crippen LogP contribution in [0.3, 0.4) is 0 Å². The molecule has 25 heavy (non-hydrogen) atoms. The largest absolute Gasteiger partial charge is 0.444 e. The summed E-state index contributed by atoms with van der Waals surface area (Å²) < 4.78 is 18.9. The second-order valence-corrected chi connectivity index (χ2v) is 7.04. The van der Waals surface area contributed by atoms with E-state index in [0.29, 0.717) is 26.2 Å². The van der Waals surface area contributed by atoms with Gasteiger partial charge in [0.1, 0.15) is 11.4 Å². The fourth-order valence-electron chi connectivity index (χ4n) is 2.55. The van der Waals surface area contributed by atoms with E-state index in [4.69, 9.17) is 4.74 Å². The van der Waals surface area contributed by atoms with Crippen molar-refractivity contribution in [3.63, 3.8) is 0 Å². The third-order valence-corrected chi connectivity index (χ3v) is 3.86. The number of benzene rings is 1. The van der Waals surface area contributed by atoms with Gasteiger partial charge in [-0.3, -0.25) is 9.69 Å². The lowest BCUT2D eigenvalue weighted by atomic mass is 10.2. The fourth-order valence-corrected chi connectivity index (χ4v) is 2.55. The number of carbonyl (C=O) groups is 2. The maximum absolute atomic E-state index is 13.5. The number of halogens is 1. The first-order valence-corrected chi connectivity index (χ1v) is 8.49. The number of nitrogens with zero attached hydrogens (tertiary/aromatic N) is 2. The van der Waals surface area contributed by atoms with Crippen molar-refractivity contribution in [3.05, 3.63) is 35.6 Å². The van der Waals surface area contributed by atoms with Gasteiger partial charge in [-0.1, -0.05) is 12.1 Å². The van der Waals surface area contributed by atoms with Gasteiger partial charge in [-0.05, 0) is 32.9 Å². The van der Waals surface area contributed by atoms with Crippen molar-refractivity contribution in [2.24, 2.45) is 0 Å². The molecule has 2 amide bonds. The standard InChI is InChI=1S/C18H26FN3O3/c1-18(2,3)25-17(24)22-12-10-21(11-13-22)9-8-20-16(23)14-6-4-5-7-15(14)19/h4-7H,8-13H2,1-3H3,(H,20,23). The number of hydrogen-bond donors (Lipinski definition) is 1. The van der Waals surface area contributed by atoms with Crippen molar-refractivity contribution in [1.82, 2.24) is 15.1 Å². The van der Waals surface area contributed by atoms with Crippen molar-refractivity contribution in [3.8, 4) is 0 Å². The van der Waals surface area contributed by atoms with Crippen LogP contribution in [0.2, 0.25) is 0 Å². The third kappa shape index (κ3) is 6.01. The second kappa shape index (κ2) is 8.29. The topological polar surface area (TPSA) is 61.9 Å². The van der Waals surface area contributed by atoms with Crippen molar-refractivity contribution in [1.29, 1.82) is 0 Å². The molecule has 1 N–H and O–H groups in total. The molecular weight excluding hydrogens is 325 g/mol. The molecule has 0 radical (unpaired) electrons. The van der Waals surface area contributed by atoms with Gasteiger partial charge in [0.2, 0.25) is 0 Å². The molecule has 6 nitrogen and oxygen atoms in total. The highest BCUT2D eigenvalue weighted by atomic mass is 19.1. The van der Waals surface area contributed by atoms with E-state index in [0.717, 1.165) is 13.1 Å².